The van der Waals surface area contributed by atoms with Gasteiger partial charge in [-0.3, -0.25) is 9.79 Å². The molecule has 4 N–H and O–H groups in total. The minimum absolute atomic E-state index is 0.154. The van der Waals surface area contributed by atoms with Crippen LogP contribution in [0.1, 0.15) is 78.6 Å². The largest absolute Gasteiger partial charge is 0.388 e. The van der Waals surface area contributed by atoms with Gasteiger partial charge >= 0.3 is 0 Å². The number of nitrogens with zero attached hydrogens (tertiary/aromatic N) is 1. The highest BCUT2D eigenvalue weighted by Gasteiger charge is 2.24. The molecule has 0 atom stereocenters. The van der Waals surface area contributed by atoms with Crippen molar-refractivity contribution in [1.82, 2.24) is 16.0 Å². The van der Waals surface area contributed by atoms with E-state index >= 15 is 0 Å². The van der Waals surface area contributed by atoms with Crippen molar-refractivity contribution in [2.24, 2.45) is 10.9 Å². The average molecular weight is 369 g/mol. The molecular formula is C20H40N4O2. The Morgan fingerprint density at radius 2 is 1.65 bits per heavy atom. The number of carbonyl (C=O) groups excluding carboxylic acids is 1. The molecular weight excluding hydrogens is 328 g/mol. The minimum Gasteiger partial charge on any atom is -0.388 e. The van der Waals surface area contributed by atoms with Crippen LogP contribution in [0.4, 0.5) is 0 Å². The van der Waals surface area contributed by atoms with Crippen LogP contribution >= 0.6 is 0 Å². The Kier molecular flexibility index (Phi) is 11.3. The molecule has 1 rings (SSSR count). The molecule has 1 amide bonds. The lowest BCUT2D eigenvalue weighted by Crippen LogP contribution is -2.43. The highest BCUT2D eigenvalue weighted by Crippen LogP contribution is 2.27. The van der Waals surface area contributed by atoms with Crippen molar-refractivity contribution < 1.29 is 9.90 Å². The third-order valence-corrected chi connectivity index (χ3v) is 4.99. The van der Waals surface area contributed by atoms with Gasteiger partial charge < -0.3 is 21.1 Å². The number of carbonyl (C=O) groups is 1. The van der Waals surface area contributed by atoms with E-state index in [1.54, 1.807) is 0 Å². The second-order valence-corrected chi connectivity index (χ2v) is 7.55. The molecule has 1 fully saturated rings. The van der Waals surface area contributed by atoms with Gasteiger partial charge in [-0.05, 0) is 38.5 Å². The van der Waals surface area contributed by atoms with Crippen LogP contribution in [0.2, 0.25) is 0 Å². The molecule has 6 nitrogen and oxygen atoms in total. The van der Waals surface area contributed by atoms with Gasteiger partial charge in [-0.25, -0.2) is 0 Å². The van der Waals surface area contributed by atoms with Gasteiger partial charge in [0.2, 0.25) is 5.91 Å². The zero-order chi connectivity index (χ0) is 19.3. The second kappa shape index (κ2) is 13.0. The topological polar surface area (TPSA) is 85.8 Å². The van der Waals surface area contributed by atoms with Crippen LogP contribution < -0.4 is 16.0 Å². The summed E-state index contributed by atoms with van der Waals surface area (Å²) >= 11 is 0. The van der Waals surface area contributed by atoms with Gasteiger partial charge in [0.15, 0.2) is 5.96 Å². The first-order valence-electron chi connectivity index (χ1n) is 10.5. The Hall–Kier alpha value is -1.30. The fourth-order valence-corrected chi connectivity index (χ4v) is 3.71. The highest BCUT2D eigenvalue weighted by molar-refractivity contribution is 5.80. The van der Waals surface area contributed by atoms with Crippen molar-refractivity contribution in [2.45, 2.75) is 84.2 Å². The van der Waals surface area contributed by atoms with E-state index in [4.69, 9.17) is 0 Å². The van der Waals surface area contributed by atoms with E-state index in [2.05, 4.69) is 34.8 Å². The summed E-state index contributed by atoms with van der Waals surface area (Å²) in [5.41, 5.74) is -0.721. The van der Waals surface area contributed by atoms with Crippen LogP contribution in [0, 0.1) is 5.92 Å². The molecule has 1 saturated carbocycles. The number of nitrogens with one attached hydrogen (secondary N) is 3. The second-order valence-electron chi connectivity index (χ2n) is 7.55. The molecule has 152 valence electrons. The lowest BCUT2D eigenvalue weighted by Gasteiger charge is -2.26. The third-order valence-electron chi connectivity index (χ3n) is 4.99. The molecule has 26 heavy (non-hydrogen) atoms. The van der Waals surface area contributed by atoms with E-state index in [-0.39, 0.29) is 5.91 Å². The Morgan fingerprint density at radius 3 is 2.23 bits per heavy atom. The molecule has 1 aliphatic rings. The summed E-state index contributed by atoms with van der Waals surface area (Å²) in [6.07, 6.45) is 9.01. The number of aliphatic hydroxyl groups is 1. The van der Waals surface area contributed by atoms with Gasteiger partial charge in [0.25, 0.3) is 0 Å². The van der Waals surface area contributed by atoms with Gasteiger partial charge in [-0.15, -0.1) is 0 Å². The summed E-state index contributed by atoms with van der Waals surface area (Å²) < 4.78 is 0. The summed E-state index contributed by atoms with van der Waals surface area (Å²) in [6, 6.07) is 0. The number of aliphatic imine (C=N–C) groups is 1. The SMILES string of the molecule is CCCC(O)(CCC)CN=C(NCC)NCCNC(=O)CC1CCCC1. The maximum atomic E-state index is 12.0. The quantitative estimate of drug-likeness (QED) is 0.242. The maximum absolute atomic E-state index is 12.0. The van der Waals surface area contributed by atoms with Gasteiger partial charge in [-0.1, -0.05) is 39.5 Å². The van der Waals surface area contributed by atoms with E-state index in [0.717, 1.165) is 32.2 Å². The molecule has 0 unspecified atom stereocenters. The molecule has 0 spiro atoms. The van der Waals surface area contributed by atoms with Gasteiger partial charge in [0, 0.05) is 26.1 Å². The van der Waals surface area contributed by atoms with Crippen LogP contribution in [0.15, 0.2) is 4.99 Å². The molecule has 6 heteroatoms. The van der Waals surface area contributed by atoms with Crippen molar-refractivity contribution >= 4 is 11.9 Å². The molecule has 0 aliphatic heterocycles. The van der Waals surface area contributed by atoms with Crippen molar-refractivity contribution in [2.75, 3.05) is 26.2 Å². The first-order valence-corrected chi connectivity index (χ1v) is 10.5. The lowest BCUT2D eigenvalue weighted by molar-refractivity contribution is -0.121. The fourth-order valence-electron chi connectivity index (χ4n) is 3.71. The van der Waals surface area contributed by atoms with Gasteiger partial charge in [-0.2, -0.15) is 0 Å². The number of guanidine groups is 1. The molecule has 0 radical (unpaired) electrons. The molecule has 0 saturated heterocycles. The first kappa shape index (κ1) is 22.7. The van der Waals surface area contributed by atoms with Crippen molar-refractivity contribution in [3.63, 3.8) is 0 Å². The zero-order valence-corrected chi connectivity index (χ0v) is 17.1. The number of hydrogen-bond acceptors (Lipinski definition) is 3. The van der Waals surface area contributed by atoms with Crippen LogP contribution in [0.25, 0.3) is 0 Å². The fraction of sp³-hybridized carbons (Fsp3) is 0.900. The Bertz CT molecular complexity index is 414. The highest BCUT2D eigenvalue weighted by atomic mass is 16.3. The molecule has 1 aliphatic carbocycles. The van der Waals surface area contributed by atoms with Crippen LogP contribution in [-0.2, 0) is 4.79 Å². The Morgan fingerprint density at radius 1 is 1.04 bits per heavy atom. The average Bonchev–Trinajstić information content (AvgIpc) is 3.10. The first-order chi connectivity index (χ1) is 12.5. The van der Waals surface area contributed by atoms with E-state index in [1.807, 2.05) is 6.92 Å². The molecule has 0 bridgehead atoms. The normalized spacial score (nSPS) is 15.9. The lowest BCUT2D eigenvalue weighted by atomic mass is 9.93. The molecule has 0 aromatic carbocycles. The predicted molar refractivity (Wildman–Crippen MR) is 108 cm³/mol. The van der Waals surface area contributed by atoms with E-state index in [9.17, 15) is 9.90 Å². The van der Waals surface area contributed by atoms with Gasteiger partial charge in [0.05, 0.1) is 12.1 Å². The van der Waals surface area contributed by atoms with Gasteiger partial charge in [0.1, 0.15) is 0 Å². The predicted octanol–water partition coefficient (Wildman–Crippen LogP) is 2.57. The van der Waals surface area contributed by atoms with E-state index in [1.165, 1.54) is 25.7 Å². The molecule has 0 heterocycles. The molecule has 0 aromatic rings. The Labute approximate surface area is 159 Å². The molecule has 0 aromatic heterocycles. The smallest absolute Gasteiger partial charge is 0.220 e. The maximum Gasteiger partial charge on any atom is 0.220 e. The van der Waals surface area contributed by atoms with Crippen molar-refractivity contribution in [3.05, 3.63) is 0 Å². The zero-order valence-electron chi connectivity index (χ0n) is 17.1. The van der Waals surface area contributed by atoms with Crippen LogP contribution in [0.5, 0.6) is 0 Å². The number of amides is 1. The van der Waals surface area contributed by atoms with E-state index in [0.29, 0.717) is 37.9 Å². The van der Waals surface area contributed by atoms with Crippen molar-refractivity contribution in [1.29, 1.82) is 0 Å². The third kappa shape index (κ3) is 9.41. The monoisotopic (exact) mass is 368 g/mol. The van der Waals surface area contributed by atoms with Crippen LogP contribution in [0.3, 0.4) is 0 Å². The van der Waals surface area contributed by atoms with Crippen LogP contribution in [-0.4, -0.2) is 48.8 Å². The number of rotatable bonds is 12. The Balaban J connectivity index is 2.35. The summed E-state index contributed by atoms with van der Waals surface area (Å²) in [5, 5.41) is 20.1. The number of hydrogen-bond donors (Lipinski definition) is 4. The summed E-state index contributed by atoms with van der Waals surface area (Å²) in [6.45, 7) is 8.57. The minimum atomic E-state index is -0.721. The summed E-state index contributed by atoms with van der Waals surface area (Å²) in [4.78, 5) is 16.5. The van der Waals surface area contributed by atoms with E-state index < -0.39 is 5.60 Å². The standard InChI is InChI=1S/C20H40N4O2/c1-4-11-20(26,12-5-2)16-24-19(21-6-3)23-14-13-22-18(25)15-17-9-7-8-10-17/h17,26H,4-16H2,1-3H3,(H,22,25)(H2,21,23,24). The summed E-state index contributed by atoms with van der Waals surface area (Å²) in [7, 11) is 0. The summed E-state index contributed by atoms with van der Waals surface area (Å²) in [5.74, 6) is 1.43. The van der Waals surface area contributed by atoms with Crippen molar-refractivity contribution in [3.8, 4) is 0 Å².